The molecule has 0 radical (unpaired) electrons. The Labute approximate surface area is 121 Å². The van der Waals surface area contributed by atoms with Gasteiger partial charge in [-0.2, -0.15) is 11.8 Å². The highest BCUT2D eigenvalue weighted by Gasteiger charge is 2.26. The van der Waals surface area contributed by atoms with Crippen molar-refractivity contribution in [2.45, 2.75) is 16.6 Å². The molecule has 1 aromatic carbocycles. The number of thioether (sulfide) groups is 2. The molecule has 6 heteroatoms. The van der Waals surface area contributed by atoms with Crippen LogP contribution in [0.1, 0.15) is 6.42 Å². The number of fused-ring (bicyclic) bond motifs is 1. The maximum atomic E-state index is 11.9. The van der Waals surface area contributed by atoms with Crippen LogP contribution < -0.4 is 10.6 Å². The molecule has 2 rings (SSSR count). The van der Waals surface area contributed by atoms with Crippen LogP contribution in [0.3, 0.4) is 0 Å². The number of anilines is 1. The van der Waals surface area contributed by atoms with Gasteiger partial charge in [-0.1, -0.05) is 12.1 Å². The summed E-state index contributed by atoms with van der Waals surface area (Å²) in [4.78, 5) is 24.1. The fraction of sp³-hybridized carbons (Fsp3) is 0.385. The lowest BCUT2D eigenvalue weighted by Crippen LogP contribution is -2.29. The molecular weight excluding hydrogens is 280 g/mol. The Bertz CT molecular complexity index is 479. The van der Waals surface area contributed by atoms with Gasteiger partial charge in [-0.05, 0) is 24.3 Å². The third kappa shape index (κ3) is 3.91. The first-order valence-electron chi connectivity index (χ1n) is 6.05. The van der Waals surface area contributed by atoms with Crippen LogP contribution in [0.15, 0.2) is 29.2 Å². The minimum atomic E-state index is -0.0629. The molecule has 2 amide bonds. The van der Waals surface area contributed by atoms with E-state index in [0.29, 0.717) is 5.75 Å². The van der Waals surface area contributed by atoms with Crippen molar-refractivity contribution in [3.05, 3.63) is 24.3 Å². The van der Waals surface area contributed by atoms with Gasteiger partial charge >= 0.3 is 0 Å². The van der Waals surface area contributed by atoms with Gasteiger partial charge in [-0.15, -0.1) is 11.8 Å². The Morgan fingerprint density at radius 1 is 1.47 bits per heavy atom. The molecule has 0 aromatic heterocycles. The molecule has 1 aromatic rings. The van der Waals surface area contributed by atoms with E-state index in [-0.39, 0.29) is 17.1 Å². The van der Waals surface area contributed by atoms with Crippen LogP contribution in [0.5, 0.6) is 0 Å². The van der Waals surface area contributed by atoms with Gasteiger partial charge in [0.25, 0.3) is 0 Å². The van der Waals surface area contributed by atoms with Gasteiger partial charge < -0.3 is 10.6 Å². The zero-order chi connectivity index (χ0) is 13.7. The minimum absolute atomic E-state index is 0.0242. The SMILES string of the molecule is CNC(=O)CSCCC1Sc2ccccc2NC1=O. The zero-order valence-electron chi connectivity index (χ0n) is 10.6. The van der Waals surface area contributed by atoms with E-state index in [4.69, 9.17) is 0 Å². The van der Waals surface area contributed by atoms with Gasteiger partial charge in [0.05, 0.1) is 16.7 Å². The maximum Gasteiger partial charge on any atom is 0.237 e. The van der Waals surface area contributed by atoms with E-state index < -0.39 is 0 Å². The van der Waals surface area contributed by atoms with Crippen molar-refractivity contribution in [3.8, 4) is 0 Å². The summed E-state index contributed by atoms with van der Waals surface area (Å²) in [5.41, 5.74) is 0.895. The van der Waals surface area contributed by atoms with Gasteiger partial charge in [-0.3, -0.25) is 9.59 Å². The number of hydrogen-bond acceptors (Lipinski definition) is 4. The topological polar surface area (TPSA) is 58.2 Å². The van der Waals surface area contributed by atoms with Crippen molar-refractivity contribution in [1.82, 2.24) is 5.32 Å². The highest BCUT2D eigenvalue weighted by atomic mass is 32.2. The first-order valence-corrected chi connectivity index (χ1v) is 8.09. The highest BCUT2D eigenvalue weighted by Crippen LogP contribution is 2.36. The number of amides is 2. The van der Waals surface area contributed by atoms with Gasteiger partial charge in [-0.25, -0.2) is 0 Å². The van der Waals surface area contributed by atoms with Gasteiger partial charge in [0, 0.05) is 11.9 Å². The molecule has 0 saturated carbocycles. The Morgan fingerprint density at radius 3 is 3.05 bits per heavy atom. The number of nitrogens with one attached hydrogen (secondary N) is 2. The molecule has 0 aliphatic carbocycles. The molecule has 1 aliphatic rings. The fourth-order valence-corrected chi connectivity index (χ4v) is 3.85. The number of rotatable bonds is 5. The second kappa shape index (κ2) is 6.86. The molecule has 1 aliphatic heterocycles. The predicted octanol–water partition coefficient (Wildman–Crippen LogP) is 1.97. The van der Waals surface area contributed by atoms with Crippen molar-refractivity contribution in [1.29, 1.82) is 0 Å². The van der Waals surface area contributed by atoms with E-state index >= 15 is 0 Å². The van der Waals surface area contributed by atoms with E-state index in [1.165, 1.54) is 0 Å². The molecule has 1 unspecified atom stereocenters. The van der Waals surface area contributed by atoms with Crippen LogP contribution in [-0.4, -0.2) is 35.6 Å². The first kappa shape index (κ1) is 14.3. The van der Waals surface area contributed by atoms with Crippen LogP contribution in [-0.2, 0) is 9.59 Å². The van der Waals surface area contributed by atoms with Gasteiger partial charge in [0.2, 0.25) is 11.8 Å². The van der Waals surface area contributed by atoms with Crippen LogP contribution >= 0.6 is 23.5 Å². The number of para-hydroxylation sites is 1. The molecule has 2 N–H and O–H groups in total. The highest BCUT2D eigenvalue weighted by molar-refractivity contribution is 8.01. The molecule has 1 heterocycles. The first-order chi connectivity index (χ1) is 9.20. The average Bonchev–Trinajstić information content (AvgIpc) is 2.43. The molecule has 102 valence electrons. The number of carbonyl (C=O) groups is 2. The van der Waals surface area contributed by atoms with Crippen LogP contribution in [0.2, 0.25) is 0 Å². The lowest BCUT2D eigenvalue weighted by molar-refractivity contribution is -0.118. The summed E-state index contributed by atoms with van der Waals surface area (Å²) in [5, 5.41) is 5.44. The smallest absolute Gasteiger partial charge is 0.237 e. The molecule has 1 atom stereocenters. The second-order valence-corrected chi connectivity index (χ2v) is 6.46. The largest absolute Gasteiger partial charge is 0.358 e. The monoisotopic (exact) mass is 296 g/mol. The molecular formula is C13H16N2O2S2. The average molecular weight is 296 g/mol. The molecule has 4 nitrogen and oxygen atoms in total. The van der Waals surface area contributed by atoms with Crippen molar-refractivity contribution in [2.24, 2.45) is 0 Å². The maximum absolute atomic E-state index is 11.9. The third-order valence-corrected chi connectivity index (χ3v) is 5.08. The van der Waals surface area contributed by atoms with E-state index in [1.54, 1.807) is 30.6 Å². The summed E-state index contributed by atoms with van der Waals surface area (Å²) in [5.74, 6) is 1.34. The Morgan fingerprint density at radius 2 is 2.26 bits per heavy atom. The fourth-order valence-electron chi connectivity index (χ4n) is 1.71. The number of carbonyl (C=O) groups excluding carboxylic acids is 2. The van der Waals surface area contributed by atoms with E-state index in [1.807, 2.05) is 24.3 Å². The summed E-state index contributed by atoms with van der Waals surface area (Å²) < 4.78 is 0. The summed E-state index contributed by atoms with van der Waals surface area (Å²) in [6, 6.07) is 7.82. The summed E-state index contributed by atoms with van der Waals surface area (Å²) in [7, 11) is 1.63. The molecule has 0 spiro atoms. The lowest BCUT2D eigenvalue weighted by Gasteiger charge is -2.23. The third-order valence-electron chi connectivity index (χ3n) is 2.74. The Kier molecular flexibility index (Phi) is 5.15. The van der Waals surface area contributed by atoms with Crippen molar-refractivity contribution >= 4 is 41.0 Å². The van der Waals surface area contributed by atoms with E-state index in [0.717, 1.165) is 22.8 Å². The standard InChI is InChI=1S/C13H16N2O2S2/c1-14-12(16)8-18-7-6-11-13(17)15-9-4-2-3-5-10(9)19-11/h2-5,11H,6-8H2,1H3,(H,14,16)(H,15,17). The number of hydrogen-bond donors (Lipinski definition) is 2. The summed E-state index contributed by atoms with van der Waals surface area (Å²) in [6.07, 6.45) is 0.770. The van der Waals surface area contributed by atoms with Crippen LogP contribution in [0.25, 0.3) is 0 Å². The molecule has 0 fully saturated rings. The second-order valence-electron chi connectivity index (χ2n) is 4.11. The molecule has 0 bridgehead atoms. The van der Waals surface area contributed by atoms with Crippen molar-refractivity contribution in [2.75, 3.05) is 23.9 Å². The Hall–Kier alpha value is -1.14. The van der Waals surface area contributed by atoms with Crippen LogP contribution in [0.4, 0.5) is 5.69 Å². The minimum Gasteiger partial charge on any atom is -0.358 e. The van der Waals surface area contributed by atoms with E-state index in [2.05, 4.69) is 10.6 Å². The lowest BCUT2D eigenvalue weighted by atomic mass is 10.2. The van der Waals surface area contributed by atoms with Crippen molar-refractivity contribution < 1.29 is 9.59 Å². The summed E-state index contributed by atoms with van der Waals surface area (Å²) >= 11 is 3.16. The molecule has 19 heavy (non-hydrogen) atoms. The Balaban J connectivity index is 1.82. The normalized spacial score (nSPS) is 17.5. The predicted molar refractivity (Wildman–Crippen MR) is 80.7 cm³/mol. The number of benzene rings is 1. The summed E-state index contributed by atoms with van der Waals surface area (Å²) in [6.45, 7) is 0. The molecule has 0 saturated heterocycles. The quantitative estimate of drug-likeness (QED) is 0.816. The van der Waals surface area contributed by atoms with Crippen molar-refractivity contribution in [3.63, 3.8) is 0 Å². The zero-order valence-corrected chi connectivity index (χ0v) is 12.3. The van der Waals surface area contributed by atoms with Gasteiger partial charge in [0.1, 0.15) is 0 Å². The van der Waals surface area contributed by atoms with Gasteiger partial charge in [0.15, 0.2) is 0 Å². The van der Waals surface area contributed by atoms with E-state index in [9.17, 15) is 9.59 Å². The van der Waals surface area contributed by atoms with Crippen LogP contribution in [0, 0.1) is 0 Å².